The van der Waals surface area contributed by atoms with Crippen molar-refractivity contribution in [1.82, 2.24) is 10.2 Å². The fraction of sp³-hybridized carbons (Fsp3) is 0.222. The number of nitrogens with zero attached hydrogens (tertiary/aromatic N) is 2. The molecule has 0 aliphatic carbocycles. The number of thioether (sulfide) groups is 1. The second-order valence-corrected chi connectivity index (χ2v) is 9.65. The molecule has 8 heteroatoms. The second-order valence-electron chi connectivity index (χ2n) is 8.04. The summed E-state index contributed by atoms with van der Waals surface area (Å²) in [6, 6.07) is 24.6. The van der Waals surface area contributed by atoms with E-state index in [-0.39, 0.29) is 18.2 Å². The van der Waals surface area contributed by atoms with Gasteiger partial charge in [0.1, 0.15) is 5.75 Å². The average molecular weight is 508 g/mol. The molecule has 1 aliphatic rings. The summed E-state index contributed by atoms with van der Waals surface area (Å²) in [5, 5.41) is 3.45. The van der Waals surface area contributed by atoms with Crippen LogP contribution in [-0.2, 0) is 22.6 Å². The number of amidine groups is 1. The molecule has 0 aromatic heterocycles. The van der Waals surface area contributed by atoms with Crippen LogP contribution >= 0.6 is 23.4 Å². The number of aliphatic imine (C=N–C) groups is 1. The molecule has 2 amide bonds. The standard InChI is InChI=1S/C27H26ClN3O3S/c1-34-23-12-10-20(11-13-23)18-31-25(32)17-24(26(33)29-15-14-19-6-3-2-4-7-19)35-27(31)30-22-9-5-8-21(28)16-22/h2-13,16,24H,14-15,17-18H2,1H3,(H,29,33). The molecule has 1 atom stereocenters. The number of rotatable bonds is 8. The first-order valence-electron chi connectivity index (χ1n) is 11.3. The molecule has 0 bridgehead atoms. The normalized spacial score (nSPS) is 16.9. The van der Waals surface area contributed by atoms with Gasteiger partial charge in [-0.1, -0.05) is 71.9 Å². The van der Waals surface area contributed by atoms with Crippen molar-refractivity contribution in [2.75, 3.05) is 13.7 Å². The first-order chi connectivity index (χ1) is 17.0. The van der Waals surface area contributed by atoms with Crippen LogP contribution in [-0.4, -0.2) is 40.8 Å². The van der Waals surface area contributed by atoms with Crippen molar-refractivity contribution in [3.8, 4) is 5.75 Å². The predicted molar refractivity (Wildman–Crippen MR) is 141 cm³/mol. The van der Waals surface area contributed by atoms with Gasteiger partial charge in [-0.15, -0.1) is 0 Å². The topological polar surface area (TPSA) is 71.0 Å². The molecule has 4 rings (SSSR count). The molecule has 6 nitrogen and oxygen atoms in total. The van der Waals surface area contributed by atoms with E-state index in [2.05, 4.69) is 5.32 Å². The molecule has 180 valence electrons. The van der Waals surface area contributed by atoms with Crippen molar-refractivity contribution in [1.29, 1.82) is 0 Å². The highest BCUT2D eigenvalue weighted by atomic mass is 35.5. The predicted octanol–water partition coefficient (Wildman–Crippen LogP) is 5.23. The fourth-order valence-electron chi connectivity index (χ4n) is 3.65. The van der Waals surface area contributed by atoms with Gasteiger partial charge in [-0.3, -0.25) is 14.5 Å². The first kappa shape index (κ1) is 24.8. The summed E-state index contributed by atoms with van der Waals surface area (Å²) in [4.78, 5) is 32.5. The smallest absolute Gasteiger partial charge is 0.234 e. The molecular formula is C27H26ClN3O3S. The molecule has 0 saturated carbocycles. The van der Waals surface area contributed by atoms with Crippen LogP contribution in [0.15, 0.2) is 83.9 Å². The third-order valence-corrected chi connectivity index (χ3v) is 6.94. The van der Waals surface area contributed by atoms with E-state index in [0.29, 0.717) is 29.0 Å². The van der Waals surface area contributed by atoms with Gasteiger partial charge in [0.15, 0.2) is 5.17 Å². The van der Waals surface area contributed by atoms with Gasteiger partial charge in [-0.2, -0.15) is 0 Å². The van der Waals surface area contributed by atoms with Crippen LogP contribution in [0.4, 0.5) is 5.69 Å². The molecular weight excluding hydrogens is 482 g/mol. The Hall–Kier alpha value is -3.29. The third-order valence-electron chi connectivity index (χ3n) is 5.52. The molecule has 3 aromatic rings. The van der Waals surface area contributed by atoms with Crippen LogP contribution < -0.4 is 10.1 Å². The maximum absolute atomic E-state index is 13.2. The number of amides is 2. The lowest BCUT2D eigenvalue weighted by molar-refractivity contribution is -0.130. The average Bonchev–Trinajstić information content (AvgIpc) is 2.87. The summed E-state index contributed by atoms with van der Waals surface area (Å²) in [5.74, 6) is 0.430. The van der Waals surface area contributed by atoms with E-state index in [1.54, 1.807) is 30.2 Å². The lowest BCUT2D eigenvalue weighted by atomic mass is 10.1. The molecule has 0 radical (unpaired) electrons. The Labute approximate surface area is 214 Å². The molecule has 1 fully saturated rings. The molecule has 1 heterocycles. The number of methoxy groups -OCH3 is 1. The van der Waals surface area contributed by atoms with Crippen LogP contribution in [0.3, 0.4) is 0 Å². The lowest BCUT2D eigenvalue weighted by Gasteiger charge is -2.32. The second kappa shape index (κ2) is 11.9. The summed E-state index contributed by atoms with van der Waals surface area (Å²) in [6.07, 6.45) is 0.831. The first-order valence-corrected chi connectivity index (χ1v) is 12.5. The van der Waals surface area contributed by atoms with Crippen LogP contribution in [0.5, 0.6) is 5.75 Å². The van der Waals surface area contributed by atoms with Crippen LogP contribution in [0, 0.1) is 0 Å². The lowest BCUT2D eigenvalue weighted by Crippen LogP contribution is -2.46. The number of carbonyl (C=O) groups excluding carboxylic acids is 2. The van der Waals surface area contributed by atoms with E-state index in [4.69, 9.17) is 21.3 Å². The molecule has 1 N–H and O–H groups in total. The number of benzene rings is 3. The zero-order chi connectivity index (χ0) is 24.6. The van der Waals surface area contributed by atoms with Gasteiger partial charge in [0, 0.05) is 18.0 Å². The van der Waals surface area contributed by atoms with E-state index < -0.39 is 5.25 Å². The number of halogens is 1. The summed E-state index contributed by atoms with van der Waals surface area (Å²) < 4.78 is 5.23. The van der Waals surface area contributed by atoms with Gasteiger partial charge in [0.05, 0.1) is 24.6 Å². The SMILES string of the molecule is COc1ccc(CN2C(=O)CC(C(=O)NCCc3ccccc3)SC2=Nc2cccc(Cl)c2)cc1. The van der Waals surface area contributed by atoms with Gasteiger partial charge in [-0.05, 0) is 47.9 Å². The Morgan fingerprint density at radius 3 is 2.57 bits per heavy atom. The quantitative estimate of drug-likeness (QED) is 0.453. The van der Waals surface area contributed by atoms with E-state index in [0.717, 1.165) is 23.3 Å². The molecule has 1 unspecified atom stereocenters. The van der Waals surface area contributed by atoms with Gasteiger partial charge < -0.3 is 10.1 Å². The van der Waals surface area contributed by atoms with Crippen molar-refractivity contribution in [2.24, 2.45) is 4.99 Å². The van der Waals surface area contributed by atoms with Crippen molar-refractivity contribution >= 4 is 46.0 Å². The van der Waals surface area contributed by atoms with Crippen molar-refractivity contribution in [3.05, 3.63) is 95.0 Å². The van der Waals surface area contributed by atoms with E-state index in [1.165, 1.54) is 11.8 Å². The Morgan fingerprint density at radius 2 is 1.86 bits per heavy atom. The zero-order valence-electron chi connectivity index (χ0n) is 19.3. The van der Waals surface area contributed by atoms with E-state index in [1.807, 2.05) is 60.7 Å². The maximum atomic E-state index is 13.2. The summed E-state index contributed by atoms with van der Waals surface area (Å²) in [5.41, 5.74) is 2.70. The fourth-order valence-corrected chi connectivity index (χ4v) is 4.96. The Kier molecular flexibility index (Phi) is 8.45. The monoisotopic (exact) mass is 507 g/mol. The highest BCUT2D eigenvalue weighted by Gasteiger charge is 2.35. The van der Waals surface area contributed by atoms with Crippen molar-refractivity contribution in [3.63, 3.8) is 0 Å². The van der Waals surface area contributed by atoms with Crippen LogP contribution in [0.25, 0.3) is 0 Å². The number of nitrogens with one attached hydrogen (secondary N) is 1. The minimum absolute atomic E-state index is 0.104. The van der Waals surface area contributed by atoms with Crippen molar-refractivity contribution in [2.45, 2.75) is 24.6 Å². The highest BCUT2D eigenvalue weighted by molar-refractivity contribution is 8.15. The third kappa shape index (κ3) is 6.87. The molecule has 1 aliphatic heterocycles. The van der Waals surface area contributed by atoms with Gasteiger partial charge >= 0.3 is 0 Å². The molecule has 35 heavy (non-hydrogen) atoms. The number of carbonyl (C=O) groups is 2. The van der Waals surface area contributed by atoms with E-state index in [9.17, 15) is 9.59 Å². The minimum Gasteiger partial charge on any atom is -0.497 e. The number of hydrogen-bond donors (Lipinski definition) is 1. The zero-order valence-corrected chi connectivity index (χ0v) is 20.9. The minimum atomic E-state index is -0.552. The van der Waals surface area contributed by atoms with E-state index >= 15 is 0 Å². The van der Waals surface area contributed by atoms with Gasteiger partial charge in [0.2, 0.25) is 11.8 Å². The molecule has 3 aromatic carbocycles. The Morgan fingerprint density at radius 1 is 1.09 bits per heavy atom. The Bertz CT molecular complexity index is 1200. The van der Waals surface area contributed by atoms with Gasteiger partial charge in [-0.25, -0.2) is 4.99 Å². The summed E-state index contributed by atoms with van der Waals surface area (Å²) in [7, 11) is 1.61. The maximum Gasteiger partial charge on any atom is 0.234 e. The van der Waals surface area contributed by atoms with Crippen LogP contribution in [0.2, 0.25) is 5.02 Å². The molecule has 0 spiro atoms. The van der Waals surface area contributed by atoms with Crippen molar-refractivity contribution < 1.29 is 14.3 Å². The Balaban J connectivity index is 1.50. The number of ether oxygens (including phenoxy) is 1. The molecule has 1 saturated heterocycles. The summed E-state index contributed by atoms with van der Waals surface area (Å²) in [6.45, 7) is 0.849. The highest BCUT2D eigenvalue weighted by Crippen LogP contribution is 2.31. The van der Waals surface area contributed by atoms with Gasteiger partial charge in [0.25, 0.3) is 0 Å². The number of hydrogen-bond acceptors (Lipinski definition) is 5. The summed E-state index contributed by atoms with van der Waals surface area (Å²) >= 11 is 7.44. The largest absolute Gasteiger partial charge is 0.497 e. The van der Waals surface area contributed by atoms with Crippen LogP contribution in [0.1, 0.15) is 17.5 Å².